The van der Waals surface area contributed by atoms with Crippen molar-refractivity contribution in [1.82, 2.24) is 14.5 Å². The number of aliphatic hydroxyl groups is 1. The van der Waals surface area contributed by atoms with Crippen molar-refractivity contribution in [2.75, 3.05) is 19.5 Å². The van der Waals surface area contributed by atoms with Crippen LogP contribution in [0.5, 0.6) is 5.88 Å². The minimum absolute atomic E-state index is 0.0288. The van der Waals surface area contributed by atoms with Crippen LogP contribution in [0.2, 0.25) is 0 Å². The zero-order valence-corrected chi connectivity index (χ0v) is 19.9. The van der Waals surface area contributed by atoms with Gasteiger partial charge in [0.05, 0.1) is 52.1 Å². The summed E-state index contributed by atoms with van der Waals surface area (Å²) in [5.74, 6) is 0.397. The summed E-state index contributed by atoms with van der Waals surface area (Å²) in [6.45, 7) is 10.2. The fourth-order valence-electron chi connectivity index (χ4n) is 3.83. The summed E-state index contributed by atoms with van der Waals surface area (Å²) in [6.07, 6.45) is 4.37. The van der Waals surface area contributed by atoms with Crippen LogP contribution in [-0.2, 0) is 22.7 Å². The number of hydrogen-bond donors (Lipinski definition) is 1. The van der Waals surface area contributed by atoms with E-state index in [1.807, 2.05) is 45.4 Å². The maximum absolute atomic E-state index is 12.5. The monoisotopic (exact) mass is 445 g/mol. The van der Waals surface area contributed by atoms with Crippen LogP contribution in [0.4, 0.5) is 0 Å². The molecular weight excluding hydrogens is 414 g/mol. The predicted octanol–water partition coefficient (Wildman–Crippen LogP) is 3.89. The van der Waals surface area contributed by atoms with Gasteiger partial charge >= 0.3 is 0 Å². The molecule has 0 aromatic carbocycles. The molecule has 0 saturated heterocycles. The highest BCUT2D eigenvalue weighted by Gasteiger charge is 2.23. The molecule has 31 heavy (non-hydrogen) atoms. The lowest BCUT2D eigenvalue weighted by atomic mass is 10.0. The summed E-state index contributed by atoms with van der Waals surface area (Å²) in [5, 5.41) is 9.64. The Labute approximate surface area is 184 Å². The quantitative estimate of drug-likeness (QED) is 0.565. The number of aliphatic hydroxyl groups excluding tert-OH is 1. The Morgan fingerprint density at radius 1 is 1.16 bits per heavy atom. The van der Waals surface area contributed by atoms with Crippen LogP contribution in [0.25, 0.3) is 22.3 Å². The van der Waals surface area contributed by atoms with Crippen LogP contribution in [0, 0.1) is 6.92 Å². The Balaban J connectivity index is 2.38. The zero-order valence-electron chi connectivity index (χ0n) is 19.1. The highest BCUT2D eigenvalue weighted by atomic mass is 32.2. The highest BCUT2D eigenvalue weighted by Crippen LogP contribution is 2.36. The molecule has 0 amide bonds. The van der Waals surface area contributed by atoms with Crippen LogP contribution >= 0.6 is 0 Å². The van der Waals surface area contributed by atoms with Crippen molar-refractivity contribution in [2.24, 2.45) is 0 Å². The van der Waals surface area contributed by atoms with Gasteiger partial charge in [0, 0.05) is 12.5 Å². The molecule has 0 aliphatic heterocycles. The van der Waals surface area contributed by atoms with E-state index in [2.05, 4.69) is 11.1 Å². The van der Waals surface area contributed by atoms with Gasteiger partial charge in [0.15, 0.2) is 9.84 Å². The van der Waals surface area contributed by atoms with Crippen molar-refractivity contribution in [3.8, 4) is 17.1 Å². The lowest BCUT2D eigenvalue weighted by Crippen LogP contribution is -2.10. The largest absolute Gasteiger partial charge is 0.477 e. The molecular formula is C23H31N3O4S. The number of nitrogens with zero attached hydrogens (tertiary/aromatic N) is 3. The Morgan fingerprint density at radius 2 is 1.87 bits per heavy atom. The number of ether oxygens (including phenoxy) is 1. The van der Waals surface area contributed by atoms with E-state index in [1.165, 1.54) is 6.26 Å². The lowest BCUT2D eigenvalue weighted by Gasteiger charge is -2.17. The first-order valence-electron chi connectivity index (χ1n) is 10.6. The zero-order chi connectivity index (χ0) is 22.9. The van der Waals surface area contributed by atoms with Crippen LogP contribution in [0.1, 0.15) is 50.6 Å². The molecule has 0 bridgehead atoms. The van der Waals surface area contributed by atoms with Crippen molar-refractivity contribution in [2.45, 2.75) is 58.4 Å². The van der Waals surface area contributed by atoms with Gasteiger partial charge in [-0.15, -0.1) is 0 Å². The topological polar surface area (TPSA) is 94.3 Å². The molecule has 0 radical (unpaired) electrons. The normalized spacial score (nSPS) is 13.0. The van der Waals surface area contributed by atoms with E-state index in [0.717, 1.165) is 22.2 Å². The number of rotatable bonds is 8. The van der Waals surface area contributed by atoms with E-state index in [9.17, 15) is 13.5 Å². The molecule has 3 rings (SSSR count). The van der Waals surface area contributed by atoms with Crippen LogP contribution in [0.15, 0.2) is 23.2 Å². The molecule has 7 nitrogen and oxygen atoms in total. The maximum atomic E-state index is 12.5. The first kappa shape index (κ1) is 23.2. The SMILES string of the molecule is CCOc1nc(CC)c(S(C)(=O)=O)cc1-c1nc2c(C)cn([C@H](C)CO)c2cc1CC. The first-order valence-corrected chi connectivity index (χ1v) is 12.5. The third-order valence-corrected chi connectivity index (χ3v) is 6.64. The molecule has 1 atom stereocenters. The Morgan fingerprint density at radius 3 is 2.42 bits per heavy atom. The molecule has 8 heteroatoms. The van der Waals surface area contributed by atoms with Crippen molar-refractivity contribution < 1.29 is 18.3 Å². The molecule has 0 saturated carbocycles. The molecule has 0 spiro atoms. The molecule has 3 aromatic rings. The maximum Gasteiger partial charge on any atom is 0.223 e. The summed E-state index contributed by atoms with van der Waals surface area (Å²) in [4.78, 5) is 9.73. The smallest absolute Gasteiger partial charge is 0.223 e. The van der Waals surface area contributed by atoms with Gasteiger partial charge in [-0.05, 0) is 56.9 Å². The highest BCUT2D eigenvalue weighted by molar-refractivity contribution is 7.90. The van der Waals surface area contributed by atoms with E-state index >= 15 is 0 Å². The molecule has 3 heterocycles. The van der Waals surface area contributed by atoms with Gasteiger partial charge in [-0.2, -0.15) is 0 Å². The molecule has 0 fully saturated rings. The Hall–Kier alpha value is -2.45. The second-order valence-corrected chi connectivity index (χ2v) is 9.80. The fraction of sp³-hybridized carbons (Fsp3) is 0.478. The molecule has 0 aliphatic rings. The number of aryl methyl sites for hydroxylation is 3. The number of pyridine rings is 2. The Kier molecular flexibility index (Phi) is 6.71. The number of hydrogen-bond acceptors (Lipinski definition) is 6. The number of aromatic nitrogens is 3. The van der Waals surface area contributed by atoms with Gasteiger partial charge in [0.1, 0.15) is 0 Å². The number of fused-ring (bicyclic) bond motifs is 1. The minimum atomic E-state index is -3.47. The molecule has 168 valence electrons. The van der Waals surface area contributed by atoms with Crippen LogP contribution in [0.3, 0.4) is 0 Å². The van der Waals surface area contributed by atoms with E-state index in [-0.39, 0.29) is 17.5 Å². The fourth-order valence-corrected chi connectivity index (χ4v) is 4.78. The molecule has 1 N–H and O–H groups in total. The van der Waals surface area contributed by atoms with Crippen molar-refractivity contribution >= 4 is 20.9 Å². The Bertz CT molecular complexity index is 1220. The lowest BCUT2D eigenvalue weighted by molar-refractivity contribution is 0.241. The summed E-state index contributed by atoms with van der Waals surface area (Å²) in [7, 11) is -3.47. The third kappa shape index (κ3) is 4.32. The average molecular weight is 446 g/mol. The average Bonchev–Trinajstić information content (AvgIpc) is 3.07. The van der Waals surface area contributed by atoms with Crippen LogP contribution < -0.4 is 4.74 Å². The van der Waals surface area contributed by atoms with Gasteiger partial charge < -0.3 is 14.4 Å². The molecule has 0 aliphatic carbocycles. The standard InChI is InChI=1S/C23H31N3O4S/c1-7-16-10-19-21(14(4)12-26(19)15(5)13-27)25-22(16)17-11-20(31(6,28)29)18(8-2)24-23(17)30-9-3/h10-12,15,27H,7-9,13H2,1-6H3/t15-/m1/s1. The first-order chi connectivity index (χ1) is 14.7. The second-order valence-electron chi connectivity index (χ2n) is 7.81. The summed E-state index contributed by atoms with van der Waals surface area (Å²) < 4.78 is 32.8. The van der Waals surface area contributed by atoms with E-state index in [4.69, 9.17) is 9.72 Å². The third-order valence-electron chi connectivity index (χ3n) is 5.48. The van der Waals surface area contributed by atoms with Gasteiger partial charge in [-0.3, -0.25) is 0 Å². The van der Waals surface area contributed by atoms with Gasteiger partial charge in [0.2, 0.25) is 5.88 Å². The summed E-state index contributed by atoms with van der Waals surface area (Å²) in [6, 6.07) is 3.65. The van der Waals surface area contributed by atoms with Gasteiger partial charge in [-0.25, -0.2) is 18.4 Å². The van der Waals surface area contributed by atoms with Gasteiger partial charge in [0.25, 0.3) is 0 Å². The van der Waals surface area contributed by atoms with E-state index in [0.29, 0.717) is 42.3 Å². The predicted molar refractivity (Wildman–Crippen MR) is 123 cm³/mol. The van der Waals surface area contributed by atoms with E-state index < -0.39 is 9.84 Å². The molecule has 3 aromatic heterocycles. The van der Waals surface area contributed by atoms with Crippen LogP contribution in [-0.4, -0.2) is 47.5 Å². The van der Waals surface area contributed by atoms with Crippen molar-refractivity contribution in [3.63, 3.8) is 0 Å². The summed E-state index contributed by atoms with van der Waals surface area (Å²) in [5.41, 5.74) is 5.46. The number of sulfone groups is 1. The van der Waals surface area contributed by atoms with Gasteiger partial charge in [-0.1, -0.05) is 13.8 Å². The molecule has 0 unspecified atom stereocenters. The second kappa shape index (κ2) is 8.96. The van der Waals surface area contributed by atoms with E-state index in [1.54, 1.807) is 6.07 Å². The van der Waals surface area contributed by atoms with Crippen molar-refractivity contribution in [1.29, 1.82) is 0 Å². The summed E-state index contributed by atoms with van der Waals surface area (Å²) >= 11 is 0. The van der Waals surface area contributed by atoms with Crippen molar-refractivity contribution in [3.05, 3.63) is 35.2 Å². The minimum Gasteiger partial charge on any atom is -0.477 e.